The molecule has 0 saturated carbocycles. The molecule has 156 valence electrons. The van der Waals surface area contributed by atoms with Crippen LogP contribution in [0.15, 0.2) is 0 Å². The minimum atomic E-state index is -0.0442. The summed E-state index contributed by atoms with van der Waals surface area (Å²) in [6.07, 6.45) is 4.30. The predicted molar refractivity (Wildman–Crippen MR) is 105 cm³/mol. The van der Waals surface area contributed by atoms with Gasteiger partial charge >= 0.3 is 6.03 Å². The van der Waals surface area contributed by atoms with E-state index >= 15 is 0 Å². The van der Waals surface area contributed by atoms with Crippen molar-refractivity contribution in [2.75, 3.05) is 52.4 Å². The highest BCUT2D eigenvalue weighted by Gasteiger charge is 2.42. The number of fused-ring (bicyclic) bond motifs is 1. The Labute approximate surface area is 165 Å². The number of carbonyl (C=O) groups excluding carboxylic acids is 2. The molecular weight excluding hydrogens is 370 g/mol. The molecule has 3 amide bonds. The predicted octanol–water partition coefficient (Wildman–Crippen LogP) is 0.898. The molecule has 3 unspecified atom stereocenters. The highest BCUT2D eigenvalue weighted by atomic mass is 32.2. The number of ether oxygens (including phenoxy) is 3. The number of hydrogen-bond donors (Lipinski definition) is 3. The minimum Gasteiger partial charge on any atom is -0.382 e. The Morgan fingerprint density at radius 1 is 1.11 bits per heavy atom. The van der Waals surface area contributed by atoms with Crippen molar-refractivity contribution in [3.8, 4) is 0 Å². The Morgan fingerprint density at radius 2 is 1.89 bits per heavy atom. The molecule has 0 bridgehead atoms. The van der Waals surface area contributed by atoms with Crippen LogP contribution in [0, 0.1) is 0 Å². The molecule has 0 aromatic rings. The van der Waals surface area contributed by atoms with E-state index in [-0.39, 0.29) is 24.0 Å². The molecule has 2 aliphatic heterocycles. The van der Waals surface area contributed by atoms with Gasteiger partial charge in [-0.2, -0.15) is 11.8 Å². The molecule has 8 nitrogen and oxygen atoms in total. The van der Waals surface area contributed by atoms with Crippen LogP contribution in [0.5, 0.6) is 0 Å². The van der Waals surface area contributed by atoms with E-state index in [1.807, 2.05) is 11.8 Å². The molecule has 9 heteroatoms. The van der Waals surface area contributed by atoms with Crippen molar-refractivity contribution in [3.05, 3.63) is 0 Å². The molecule has 2 fully saturated rings. The maximum Gasteiger partial charge on any atom is 0.315 e. The third-order valence-corrected chi connectivity index (χ3v) is 6.18. The second-order valence-electron chi connectivity index (χ2n) is 6.79. The van der Waals surface area contributed by atoms with E-state index < -0.39 is 0 Å². The molecule has 27 heavy (non-hydrogen) atoms. The van der Waals surface area contributed by atoms with Crippen molar-refractivity contribution in [2.24, 2.45) is 0 Å². The standard InChI is InChI=1S/C18H33N3O5S/c1-24-9-10-26-12-11-25-8-4-7-19-16(22)6-3-2-5-15-17-14(13-27-15)20-18(23)21-17/h14-15,17H,2-13H2,1H3,(H,19,22)(H2,20,21,23). The molecular formula is C18H33N3O5S. The number of hydrogen-bond acceptors (Lipinski definition) is 6. The van der Waals surface area contributed by atoms with Gasteiger partial charge in [0.1, 0.15) is 0 Å². The Morgan fingerprint density at radius 3 is 2.70 bits per heavy atom. The summed E-state index contributed by atoms with van der Waals surface area (Å²) in [6.45, 7) is 3.58. The highest BCUT2D eigenvalue weighted by Crippen LogP contribution is 2.33. The van der Waals surface area contributed by atoms with Gasteiger partial charge in [0.25, 0.3) is 0 Å². The molecule has 2 aliphatic rings. The van der Waals surface area contributed by atoms with E-state index in [2.05, 4.69) is 16.0 Å². The van der Waals surface area contributed by atoms with Gasteiger partial charge < -0.3 is 30.2 Å². The van der Waals surface area contributed by atoms with Crippen molar-refractivity contribution in [2.45, 2.75) is 49.4 Å². The van der Waals surface area contributed by atoms with E-state index in [1.54, 1.807) is 7.11 Å². The van der Waals surface area contributed by atoms with E-state index in [0.717, 1.165) is 31.4 Å². The summed E-state index contributed by atoms with van der Waals surface area (Å²) < 4.78 is 15.6. The lowest BCUT2D eigenvalue weighted by molar-refractivity contribution is -0.121. The van der Waals surface area contributed by atoms with Gasteiger partial charge in [0.05, 0.1) is 38.5 Å². The number of unbranched alkanes of at least 4 members (excludes halogenated alkanes) is 1. The lowest BCUT2D eigenvalue weighted by Gasteiger charge is -2.16. The summed E-state index contributed by atoms with van der Waals surface area (Å²) in [5.74, 6) is 1.08. The van der Waals surface area contributed by atoms with Gasteiger partial charge in [0, 0.05) is 37.7 Å². The summed E-state index contributed by atoms with van der Waals surface area (Å²) in [5, 5.41) is 9.35. The largest absolute Gasteiger partial charge is 0.382 e. The molecule has 2 rings (SSSR count). The first kappa shape index (κ1) is 22.3. The first-order chi connectivity index (χ1) is 13.2. The van der Waals surface area contributed by atoms with Gasteiger partial charge in [-0.25, -0.2) is 4.79 Å². The fraction of sp³-hybridized carbons (Fsp3) is 0.889. The van der Waals surface area contributed by atoms with Crippen LogP contribution >= 0.6 is 11.8 Å². The van der Waals surface area contributed by atoms with Crippen molar-refractivity contribution in [1.82, 2.24) is 16.0 Å². The van der Waals surface area contributed by atoms with Gasteiger partial charge in [-0.15, -0.1) is 0 Å². The lowest BCUT2D eigenvalue weighted by atomic mass is 10.0. The normalized spacial score (nSPS) is 23.7. The van der Waals surface area contributed by atoms with Crippen LogP contribution in [0.4, 0.5) is 4.79 Å². The van der Waals surface area contributed by atoms with E-state index in [4.69, 9.17) is 14.2 Å². The fourth-order valence-corrected chi connectivity index (χ4v) is 4.77. The smallest absolute Gasteiger partial charge is 0.315 e. The number of urea groups is 1. The zero-order chi connectivity index (χ0) is 19.3. The molecule has 0 aromatic carbocycles. The highest BCUT2D eigenvalue weighted by molar-refractivity contribution is 8.00. The summed E-state index contributed by atoms with van der Waals surface area (Å²) in [5.41, 5.74) is 0. The molecule has 0 aliphatic carbocycles. The van der Waals surface area contributed by atoms with Crippen LogP contribution in [0.1, 0.15) is 32.1 Å². The number of methoxy groups -OCH3 is 1. The SMILES string of the molecule is COCCOCCOCCCNC(=O)CCCCC1SCC2NC(=O)NC21. The maximum absolute atomic E-state index is 11.8. The van der Waals surface area contributed by atoms with Crippen molar-refractivity contribution >= 4 is 23.7 Å². The van der Waals surface area contributed by atoms with Gasteiger partial charge in [-0.05, 0) is 19.3 Å². The molecule has 0 spiro atoms. The summed E-state index contributed by atoms with van der Waals surface area (Å²) in [6, 6.07) is 0.480. The van der Waals surface area contributed by atoms with E-state index in [1.165, 1.54) is 0 Å². The second-order valence-corrected chi connectivity index (χ2v) is 8.06. The van der Waals surface area contributed by atoms with Crippen LogP contribution in [-0.4, -0.2) is 81.7 Å². The van der Waals surface area contributed by atoms with Gasteiger partial charge in [0.15, 0.2) is 0 Å². The van der Waals surface area contributed by atoms with E-state index in [9.17, 15) is 9.59 Å². The van der Waals surface area contributed by atoms with Crippen LogP contribution < -0.4 is 16.0 Å². The summed E-state index contributed by atoms with van der Waals surface area (Å²) in [7, 11) is 1.64. The molecule has 3 atom stereocenters. The average molecular weight is 404 g/mol. The summed E-state index contributed by atoms with van der Waals surface area (Å²) in [4.78, 5) is 23.2. The first-order valence-corrected chi connectivity index (χ1v) is 10.9. The minimum absolute atomic E-state index is 0.0442. The second kappa shape index (κ2) is 13.2. The van der Waals surface area contributed by atoms with Gasteiger partial charge in [0.2, 0.25) is 5.91 Å². The Balaban J connectivity index is 1.36. The topological polar surface area (TPSA) is 97.9 Å². The lowest BCUT2D eigenvalue weighted by Crippen LogP contribution is -2.36. The Kier molecular flexibility index (Phi) is 10.9. The summed E-state index contributed by atoms with van der Waals surface area (Å²) >= 11 is 1.92. The maximum atomic E-state index is 11.8. The Bertz CT molecular complexity index is 455. The van der Waals surface area contributed by atoms with Crippen LogP contribution in [-0.2, 0) is 19.0 Å². The molecule has 0 radical (unpaired) electrons. The zero-order valence-electron chi connectivity index (χ0n) is 16.2. The first-order valence-electron chi connectivity index (χ1n) is 9.80. The van der Waals surface area contributed by atoms with Crippen LogP contribution in [0.25, 0.3) is 0 Å². The van der Waals surface area contributed by atoms with Crippen LogP contribution in [0.2, 0.25) is 0 Å². The van der Waals surface area contributed by atoms with Crippen molar-refractivity contribution in [3.63, 3.8) is 0 Å². The molecule has 2 saturated heterocycles. The molecule has 2 heterocycles. The fourth-order valence-electron chi connectivity index (χ4n) is 3.23. The van der Waals surface area contributed by atoms with Gasteiger partial charge in [-0.3, -0.25) is 4.79 Å². The average Bonchev–Trinajstić information content (AvgIpc) is 3.20. The number of carbonyl (C=O) groups is 2. The van der Waals surface area contributed by atoms with Crippen LogP contribution in [0.3, 0.4) is 0 Å². The quantitative estimate of drug-likeness (QED) is 0.278. The van der Waals surface area contributed by atoms with Gasteiger partial charge in [-0.1, -0.05) is 6.42 Å². The number of amides is 3. The van der Waals surface area contributed by atoms with Crippen molar-refractivity contribution in [1.29, 1.82) is 0 Å². The Hall–Kier alpha value is -1.03. The zero-order valence-corrected chi connectivity index (χ0v) is 17.0. The molecule has 0 aromatic heterocycles. The monoisotopic (exact) mass is 403 g/mol. The number of rotatable bonds is 15. The molecule has 3 N–H and O–H groups in total. The number of thioether (sulfide) groups is 1. The third-order valence-electron chi connectivity index (χ3n) is 4.67. The van der Waals surface area contributed by atoms with Crippen molar-refractivity contribution < 1.29 is 23.8 Å². The number of nitrogens with one attached hydrogen (secondary N) is 3. The third kappa shape index (κ3) is 8.68. The van der Waals surface area contributed by atoms with E-state index in [0.29, 0.717) is 51.2 Å².